The molecule has 7 nitrogen and oxygen atoms in total. The van der Waals surface area contributed by atoms with E-state index in [2.05, 4.69) is 16.1 Å². The van der Waals surface area contributed by atoms with Crippen LogP contribution in [0.1, 0.15) is 55.3 Å². The zero-order valence-electron chi connectivity index (χ0n) is 15.9. The van der Waals surface area contributed by atoms with Crippen LogP contribution in [0.2, 0.25) is 0 Å². The van der Waals surface area contributed by atoms with E-state index in [1.165, 1.54) is 36.6 Å². The third-order valence-corrected chi connectivity index (χ3v) is 6.65. The summed E-state index contributed by atoms with van der Waals surface area (Å²) in [5.41, 5.74) is 1.75. The molecule has 0 spiro atoms. The van der Waals surface area contributed by atoms with Gasteiger partial charge < -0.3 is 15.2 Å². The van der Waals surface area contributed by atoms with Gasteiger partial charge in [-0.1, -0.05) is 11.6 Å². The summed E-state index contributed by atoms with van der Waals surface area (Å²) in [6.07, 6.45) is 9.35. The number of benzene rings is 1. The first-order valence-corrected chi connectivity index (χ1v) is 11.3. The highest BCUT2D eigenvalue weighted by atomic mass is 32.2. The van der Waals surface area contributed by atoms with Gasteiger partial charge >= 0.3 is 5.97 Å². The van der Waals surface area contributed by atoms with Crippen molar-refractivity contribution >= 4 is 21.7 Å². The third kappa shape index (κ3) is 5.56. The fourth-order valence-electron chi connectivity index (χ4n) is 3.60. The average molecular weight is 409 g/mol. The van der Waals surface area contributed by atoms with E-state index in [9.17, 15) is 18.3 Å². The summed E-state index contributed by atoms with van der Waals surface area (Å²) >= 11 is 0. The number of allylic oxidation sites excluding steroid dienone is 1. The first kappa shape index (κ1) is 20.8. The Balaban J connectivity index is 1.72. The van der Waals surface area contributed by atoms with Crippen LogP contribution in [0.15, 0.2) is 34.7 Å². The van der Waals surface area contributed by atoms with Crippen LogP contribution in [-0.2, 0) is 14.8 Å². The predicted molar refractivity (Wildman–Crippen MR) is 107 cm³/mol. The molecule has 2 aliphatic rings. The number of aromatic carboxylic acids is 1. The number of rotatable bonds is 9. The standard InChI is InChI=1S/C20H28N2O5S/c23-20(24)16-8-9-18(21-11-10-15-5-2-1-3-6-15)19(13-16)28(25,26)22-14-17-7-4-12-27-17/h5,8-9,13,17,21-22H,1-4,6-7,10-12,14H2,(H,23,24)/t17-/m1/s1. The number of carboxylic acid groups (broad SMARTS) is 1. The first-order chi connectivity index (χ1) is 13.5. The number of hydrogen-bond donors (Lipinski definition) is 3. The van der Waals surface area contributed by atoms with E-state index in [1.807, 2.05) is 0 Å². The molecule has 28 heavy (non-hydrogen) atoms. The Morgan fingerprint density at radius 2 is 2.11 bits per heavy atom. The van der Waals surface area contributed by atoms with Gasteiger partial charge in [0.15, 0.2) is 0 Å². The number of sulfonamides is 1. The van der Waals surface area contributed by atoms with Crippen molar-refractivity contribution in [3.8, 4) is 0 Å². The van der Waals surface area contributed by atoms with E-state index in [4.69, 9.17) is 4.74 Å². The maximum absolute atomic E-state index is 12.8. The smallest absolute Gasteiger partial charge is 0.335 e. The van der Waals surface area contributed by atoms with Crippen LogP contribution in [-0.4, -0.2) is 45.3 Å². The lowest BCUT2D eigenvalue weighted by Gasteiger charge is -2.17. The number of carbonyl (C=O) groups is 1. The highest BCUT2D eigenvalue weighted by Crippen LogP contribution is 2.25. The van der Waals surface area contributed by atoms with Gasteiger partial charge in [-0.2, -0.15) is 0 Å². The number of carboxylic acids is 1. The molecule has 0 aromatic heterocycles. The minimum atomic E-state index is -3.86. The fraction of sp³-hybridized carbons (Fsp3) is 0.550. The minimum absolute atomic E-state index is 0.0389. The van der Waals surface area contributed by atoms with Crippen LogP contribution >= 0.6 is 0 Å². The van der Waals surface area contributed by atoms with Gasteiger partial charge in [0, 0.05) is 19.7 Å². The highest BCUT2D eigenvalue weighted by molar-refractivity contribution is 7.89. The lowest BCUT2D eigenvalue weighted by molar-refractivity contribution is 0.0696. The Bertz CT molecular complexity index is 829. The maximum Gasteiger partial charge on any atom is 0.335 e. The zero-order valence-corrected chi connectivity index (χ0v) is 16.8. The molecule has 3 rings (SSSR count). The molecule has 3 N–H and O–H groups in total. The number of nitrogens with one attached hydrogen (secondary N) is 2. The van der Waals surface area contributed by atoms with Crippen molar-refractivity contribution in [1.82, 2.24) is 4.72 Å². The molecule has 1 aliphatic heterocycles. The quantitative estimate of drug-likeness (QED) is 0.542. The van der Waals surface area contributed by atoms with Crippen LogP contribution < -0.4 is 10.0 Å². The molecular formula is C20H28N2O5S. The Morgan fingerprint density at radius 3 is 2.79 bits per heavy atom. The summed E-state index contributed by atoms with van der Waals surface area (Å²) in [7, 11) is -3.86. The summed E-state index contributed by atoms with van der Waals surface area (Å²) in [5.74, 6) is -1.16. The SMILES string of the molecule is O=C(O)c1ccc(NCCC2=CCCCC2)c(S(=O)(=O)NC[C@H]2CCCO2)c1. The molecule has 1 aromatic rings. The second-order valence-corrected chi connectivity index (χ2v) is 9.02. The molecule has 0 amide bonds. The third-order valence-electron chi connectivity index (χ3n) is 5.19. The first-order valence-electron chi connectivity index (χ1n) is 9.86. The Morgan fingerprint density at radius 1 is 1.25 bits per heavy atom. The Kier molecular flexibility index (Phi) is 7.09. The lowest BCUT2D eigenvalue weighted by Crippen LogP contribution is -2.32. The fourth-order valence-corrected chi connectivity index (χ4v) is 4.87. The van der Waals surface area contributed by atoms with E-state index in [0.717, 1.165) is 32.1 Å². The molecule has 154 valence electrons. The van der Waals surface area contributed by atoms with E-state index < -0.39 is 16.0 Å². The predicted octanol–water partition coefficient (Wildman–Crippen LogP) is 3.14. The highest BCUT2D eigenvalue weighted by Gasteiger charge is 2.24. The lowest BCUT2D eigenvalue weighted by atomic mass is 9.97. The summed E-state index contributed by atoms with van der Waals surface area (Å²) in [5, 5.41) is 12.4. The largest absolute Gasteiger partial charge is 0.478 e. The number of ether oxygens (including phenoxy) is 1. The van der Waals surface area contributed by atoms with Crippen molar-refractivity contribution in [1.29, 1.82) is 0 Å². The van der Waals surface area contributed by atoms with Crippen molar-refractivity contribution in [3.63, 3.8) is 0 Å². The van der Waals surface area contributed by atoms with Gasteiger partial charge in [0.05, 0.1) is 17.4 Å². The molecule has 0 unspecified atom stereocenters. The van der Waals surface area contributed by atoms with Gasteiger partial charge in [0.2, 0.25) is 10.0 Å². The van der Waals surface area contributed by atoms with Crippen LogP contribution in [0, 0.1) is 0 Å². The number of anilines is 1. The summed E-state index contributed by atoms with van der Waals surface area (Å²) < 4.78 is 33.7. The Labute approximate surface area is 166 Å². The zero-order chi connectivity index (χ0) is 20.0. The van der Waals surface area contributed by atoms with Gasteiger partial charge in [0.25, 0.3) is 0 Å². The molecule has 8 heteroatoms. The van der Waals surface area contributed by atoms with Crippen molar-refractivity contribution in [2.45, 2.75) is 55.9 Å². The van der Waals surface area contributed by atoms with Gasteiger partial charge in [-0.3, -0.25) is 0 Å². The second-order valence-electron chi connectivity index (χ2n) is 7.29. The van der Waals surface area contributed by atoms with Crippen LogP contribution in [0.3, 0.4) is 0 Å². The molecule has 0 bridgehead atoms. The Hall–Kier alpha value is -1.90. The van der Waals surface area contributed by atoms with Gasteiger partial charge in [-0.05, 0) is 63.1 Å². The summed E-state index contributed by atoms with van der Waals surface area (Å²) in [4.78, 5) is 11.3. The van der Waals surface area contributed by atoms with Gasteiger partial charge in [0.1, 0.15) is 4.90 Å². The molecule has 1 fully saturated rings. The minimum Gasteiger partial charge on any atom is -0.478 e. The second kappa shape index (κ2) is 9.54. The topological polar surface area (TPSA) is 105 Å². The van der Waals surface area contributed by atoms with Crippen molar-refractivity contribution < 1.29 is 23.1 Å². The normalized spacial score (nSPS) is 20.0. The van der Waals surface area contributed by atoms with Crippen LogP contribution in [0.5, 0.6) is 0 Å². The van der Waals surface area contributed by atoms with Crippen molar-refractivity contribution in [2.75, 3.05) is 25.0 Å². The average Bonchev–Trinajstić information content (AvgIpc) is 3.21. The molecule has 0 saturated carbocycles. The van der Waals surface area contributed by atoms with E-state index >= 15 is 0 Å². The van der Waals surface area contributed by atoms with E-state index in [1.54, 1.807) is 0 Å². The van der Waals surface area contributed by atoms with E-state index in [0.29, 0.717) is 18.8 Å². The molecule has 1 atom stereocenters. The van der Waals surface area contributed by atoms with Crippen LogP contribution in [0.4, 0.5) is 5.69 Å². The van der Waals surface area contributed by atoms with Gasteiger partial charge in [-0.15, -0.1) is 0 Å². The maximum atomic E-state index is 12.8. The summed E-state index contributed by atoms with van der Waals surface area (Å²) in [6.45, 7) is 1.43. The van der Waals surface area contributed by atoms with Crippen molar-refractivity contribution in [3.05, 3.63) is 35.4 Å². The monoisotopic (exact) mass is 408 g/mol. The summed E-state index contributed by atoms with van der Waals surface area (Å²) in [6, 6.07) is 4.16. The molecule has 1 aromatic carbocycles. The van der Waals surface area contributed by atoms with Crippen molar-refractivity contribution in [2.24, 2.45) is 0 Å². The molecule has 1 saturated heterocycles. The molecular weight excluding hydrogens is 380 g/mol. The van der Waals surface area contributed by atoms with Gasteiger partial charge in [-0.25, -0.2) is 17.9 Å². The molecule has 1 heterocycles. The molecule has 1 aliphatic carbocycles. The van der Waals surface area contributed by atoms with E-state index in [-0.39, 0.29) is 23.1 Å². The number of hydrogen-bond acceptors (Lipinski definition) is 5. The van der Waals surface area contributed by atoms with Crippen LogP contribution in [0.25, 0.3) is 0 Å². The molecule has 0 radical (unpaired) electrons.